The van der Waals surface area contributed by atoms with Crippen molar-refractivity contribution in [2.24, 2.45) is 0 Å². The van der Waals surface area contributed by atoms with E-state index in [-0.39, 0.29) is 17.1 Å². The number of aryl methyl sites for hydroxylation is 2. The molecule has 0 N–H and O–H groups in total. The lowest BCUT2D eigenvalue weighted by molar-refractivity contribution is 0.0970. The Kier molecular flexibility index (Phi) is 4.70. The van der Waals surface area contributed by atoms with Crippen LogP contribution in [0.1, 0.15) is 64.3 Å². The largest absolute Gasteiger partial charge is 0.450 e. The molecule has 32 heavy (non-hydrogen) atoms. The average Bonchev–Trinajstić information content (AvgIpc) is 3.07. The van der Waals surface area contributed by atoms with Crippen LogP contribution in [0.4, 0.5) is 5.82 Å². The number of anilines is 1. The summed E-state index contributed by atoms with van der Waals surface area (Å²) in [5, 5.41) is 0.486. The molecule has 5 nitrogen and oxygen atoms in total. The highest BCUT2D eigenvalue weighted by Gasteiger charge is 2.44. The van der Waals surface area contributed by atoms with Gasteiger partial charge in [0.1, 0.15) is 11.4 Å². The zero-order valence-corrected chi connectivity index (χ0v) is 18.5. The molecule has 1 unspecified atom stereocenters. The Morgan fingerprint density at radius 3 is 2.41 bits per heavy atom. The predicted octanol–water partition coefficient (Wildman–Crippen LogP) is 5.68. The molecule has 1 amide bonds. The van der Waals surface area contributed by atoms with Crippen molar-refractivity contribution in [3.63, 3.8) is 0 Å². The van der Waals surface area contributed by atoms with E-state index in [0.717, 1.165) is 16.8 Å². The number of aromatic nitrogens is 1. The fraction of sp³-hybridized carbons (Fsp3) is 0.222. The smallest absolute Gasteiger partial charge is 0.296 e. The highest BCUT2D eigenvalue weighted by molar-refractivity contribution is 6.10. The molecule has 4 aromatic rings. The second-order valence-corrected chi connectivity index (χ2v) is 8.71. The van der Waals surface area contributed by atoms with Crippen LogP contribution in [0.2, 0.25) is 0 Å². The minimum absolute atomic E-state index is 0.0904. The van der Waals surface area contributed by atoms with Crippen molar-refractivity contribution in [3.8, 4) is 0 Å². The van der Waals surface area contributed by atoms with Crippen molar-refractivity contribution in [2.45, 2.75) is 39.7 Å². The van der Waals surface area contributed by atoms with E-state index in [1.54, 1.807) is 17.0 Å². The van der Waals surface area contributed by atoms with E-state index in [4.69, 9.17) is 4.42 Å². The Hall–Kier alpha value is -3.73. The number of pyridine rings is 1. The first-order valence-electron chi connectivity index (χ1n) is 10.8. The van der Waals surface area contributed by atoms with Crippen LogP contribution in [0.15, 0.2) is 69.9 Å². The standard InChI is InChI=1S/C27H24N2O3/c1-15(2)18-9-11-19(12-10-18)24-23-25(30)20-14-16(3)8-13-21(20)32-26(23)27(31)29(24)22-7-5-6-17(4)28-22/h5-15,24H,1-4H3. The van der Waals surface area contributed by atoms with Crippen LogP contribution in [0.3, 0.4) is 0 Å². The quantitative estimate of drug-likeness (QED) is 0.425. The summed E-state index contributed by atoms with van der Waals surface area (Å²) in [5.74, 6) is 0.621. The van der Waals surface area contributed by atoms with E-state index >= 15 is 0 Å². The van der Waals surface area contributed by atoms with Crippen LogP contribution in [0.25, 0.3) is 11.0 Å². The molecule has 1 atom stereocenters. The van der Waals surface area contributed by atoms with Crippen LogP contribution in [0.5, 0.6) is 0 Å². The van der Waals surface area contributed by atoms with Crippen molar-refractivity contribution in [2.75, 3.05) is 4.90 Å². The molecule has 1 aliphatic rings. The summed E-state index contributed by atoms with van der Waals surface area (Å²) in [5.41, 5.74) is 4.41. The Morgan fingerprint density at radius 2 is 1.72 bits per heavy atom. The number of amides is 1. The molecule has 5 rings (SSSR count). The SMILES string of the molecule is Cc1ccc2oc3c(c(=O)c2c1)C(c1ccc(C(C)C)cc1)N(c1cccc(C)n1)C3=O. The van der Waals surface area contributed by atoms with Crippen LogP contribution < -0.4 is 10.3 Å². The van der Waals surface area contributed by atoms with Gasteiger partial charge in [-0.15, -0.1) is 0 Å². The van der Waals surface area contributed by atoms with Crippen LogP contribution >= 0.6 is 0 Å². The molecular formula is C27H24N2O3. The summed E-state index contributed by atoms with van der Waals surface area (Å²) >= 11 is 0. The minimum Gasteiger partial charge on any atom is -0.450 e. The minimum atomic E-state index is -0.603. The first-order chi connectivity index (χ1) is 15.3. The van der Waals surface area contributed by atoms with Gasteiger partial charge in [0, 0.05) is 5.69 Å². The van der Waals surface area contributed by atoms with E-state index in [1.165, 1.54) is 5.56 Å². The molecule has 5 heteroatoms. The summed E-state index contributed by atoms with van der Waals surface area (Å²) in [6.45, 7) is 8.08. The van der Waals surface area contributed by atoms with Gasteiger partial charge in [-0.05, 0) is 55.2 Å². The van der Waals surface area contributed by atoms with E-state index in [2.05, 4.69) is 31.0 Å². The first-order valence-corrected chi connectivity index (χ1v) is 10.8. The van der Waals surface area contributed by atoms with Gasteiger partial charge < -0.3 is 4.42 Å². The van der Waals surface area contributed by atoms with E-state index in [0.29, 0.717) is 28.3 Å². The normalized spacial score (nSPS) is 15.6. The number of rotatable bonds is 3. The highest BCUT2D eigenvalue weighted by atomic mass is 16.3. The van der Waals surface area contributed by atoms with Gasteiger partial charge in [0.25, 0.3) is 5.91 Å². The number of nitrogens with zero attached hydrogens (tertiary/aromatic N) is 2. The molecule has 1 aliphatic heterocycles. The molecule has 0 saturated heterocycles. The summed E-state index contributed by atoms with van der Waals surface area (Å²) in [6, 6.07) is 18.5. The summed E-state index contributed by atoms with van der Waals surface area (Å²) < 4.78 is 6.03. The van der Waals surface area contributed by atoms with Gasteiger partial charge in [0.05, 0.1) is 17.0 Å². The lowest BCUT2D eigenvalue weighted by Crippen LogP contribution is -2.30. The molecule has 0 radical (unpaired) electrons. The summed E-state index contributed by atoms with van der Waals surface area (Å²) in [4.78, 5) is 33.4. The number of carbonyl (C=O) groups excluding carboxylic acids is 1. The van der Waals surface area contributed by atoms with Crippen molar-refractivity contribution in [3.05, 3.63) is 105 Å². The van der Waals surface area contributed by atoms with Crippen molar-refractivity contribution >= 4 is 22.7 Å². The number of hydrogen-bond donors (Lipinski definition) is 0. The zero-order chi connectivity index (χ0) is 22.6. The fourth-order valence-electron chi connectivity index (χ4n) is 4.36. The second kappa shape index (κ2) is 7.45. The molecule has 160 valence electrons. The summed E-state index contributed by atoms with van der Waals surface area (Å²) in [7, 11) is 0. The maximum atomic E-state index is 13.7. The van der Waals surface area contributed by atoms with Gasteiger partial charge in [0.2, 0.25) is 5.76 Å². The predicted molar refractivity (Wildman–Crippen MR) is 125 cm³/mol. The van der Waals surface area contributed by atoms with Gasteiger partial charge in [-0.1, -0.05) is 55.8 Å². The lowest BCUT2D eigenvalue weighted by Gasteiger charge is -2.24. The van der Waals surface area contributed by atoms with Gasteiger partial charge in [0.15, 0.2) is 5.43 Å². The second-order valence-electron chi connectivity index (χ2n) is 8.71. The van der Waals surface area contributed by atoms with Crippen molar-refractivity contribution in [1.29, 1.82) is 0 Å². The highest BCUT2D eigenvalue weighted by Crippen LogP contribution is 2.40. The molecule has 0 aliphatic carbocycles. The number of benzene rings is 2. The lowest BCUT2D eigenvalue weighted by atomic mass is 9.95. The Balaban J connectivity index is 1.79. The van der Waals surface area contributed by atoms with Gasteiger partial charge in [-0.2, -0.15) is 0 Å². The molecular weight excluding hydrogens is 400 g/mol. The third-order valence-electron chi connectivity index (χ3n) is 6.06. The molecule has 3 heterocycles. The van der Waals surface area contributed by atoms with Crippen molar-refractivity contribution < 1.29 is 9.21 Å². The number of hydrogen-bond acceptors (Lipinski definition) is 4. The van der Waals surface area contributed by atoms with Crippen molar-refractivity contribution in [1.82, 2.24) is 4.98 Å². The molecule has 0 bridgehead atoms. The molecule has 2 aromatic heterocycles. The topological polar surface area (TPSA) is 63.4 Å². The monoisotopic (exact) mass is 424 g/mol. The molecule has 0 saturated carbocycles. The van der Waals surface area contributed by atoms with Crippen LogP contribution in [0, 0.1) is 13.8 Å². The third kappa shape index (κ3) is 3.12. The number of carbonyl (C=O) groups is 1. The van der Waals surface area contributed by atoms with E-state index in [9.17, 15) is 9.59 Å². The number of fused-ring (bicyclic) bond motifs is 2. The zero-order valence-electron chi connectivity index (χ0n) is 18.5. The summed E-state index contributed by atoms with van der Waals surface area (Å²) in [6.07, 6.45) is 0. The maximum Gasteiger partial charge on any atom is 0.296 e. The van der Waals surface area contributed by atoms with Gasteiger partial charge in [-0.25, -0.2) is 4.98 Å². The Labute approximate surface area is 186 Å². The van der Waals surface area contributed by atoms with Gasteiger partial charge in [-0.3, -0.25) is 14.5 Å². The third-order valence-corrected chi connectivity index (χ3v) is 6.06. The first kappa shape index (κ1) is 20.2. The Bertz CT molecular complexity index is 1420. The Morgan fingerprint density at radius 1 is 0.969 bits per heavy atom. The van der Waals surface area contributed by atoms with E-state index in [1.807, 2.05) is 50.2 Å². The maximum absolute atomic E-state index is 13.7. The average molecular weight is 425 g/mol. The van der Waals surface area contributed by atoms with Crippen LogP contribution in [-0.2, 0) is 0 Å². The van der Waals surface area contributed by atoms with Gasteiger partial charge >= 0.3 is 0 Å². The van der Waals surface area contributed by atoms with E-state index < -0.39 is 6.04 Å². The van der Waals surface area contributed by atoms with Crippen LogP contribution in [-0.4, -0.2) is 10.9 Å². The molecule has 2 aromatic carbocycles. The molecule has 0 spiro atoms. The molecule has 0 fully saturated rings. The fourth-order valence-corrected chi connectivity index (χ4v) is 4.36.